The lowest BCUT2D eigenvalue weighted by atomic mass is 10.1. The van der Waals surface area contributed by atoms with E-state index in [-0.39, 0.29) is 13.1 Å². The highest BCUT2D eigenvalue weighted by atomic mass is 19.1. The molecule has 1 unspecified atom stereocenters. The summed E-state index contributed by atoms with van der Waals surface area (Å²) in [5.41, 5.74) is -0.0359. The molecule has 1 aliphatic heterocycles. The summed E-state index contributed by atoms with van der Waals surface area (Å²) in [5, 5.41) is 22.5. The average molecular weight is 454 g/mol. The molecule has 1 aromatic carbocycles. The monoisotopic (exact) mass is 454 g/mol. The Bertz CT molecular complexity index is 1100. The van der Waals surface area contributed by atoms with Crippen LogP contribution in [0.2, 0.25) is 0 Å². The molecule has 0 saturated heterocycles. The quantitative estimate of drug-likeness (QED) is 0.541. The second-order valence-corrected chi connectivity index (χ2v) is 7.34. The van der Waals surface area contributed by atoms with Gasteiger partial charge in [0, 0.05) is 50.6 Å². The Morgan fingerprint density at radius 1 is 1.22 bits per heavy atom. The molecule has 3 rings (SSSR count). The van der Waals surface area contributed by atoms with E-state index in [1.54, 1.807) is 0 Å². The van der Waals surface area contributed by atoms with Crippen molar-refractivity contribution in [3.05, 3.63) is 62.8 Å². The lowest BCUT2D eigenvalue weighted by Gasteiger charge is -2.25. The number of carbonyl (C=O) groups is 2. The number of fused-ring (bicyclic) bond motifs is 1. The maximum Gasteiger partial charge on any atom is 0.276 e. The van der Waals surface area contributed by atoms with Gasteiger partial charge in [-0.15, -0.1) is 0 Å². The largest absolute Gasteiger partial charge is 0.502 e. The van der Waals surface area contributed by atoms with Gasteiger partial charge in [-0.05, 0) is 12.8 Å². The Hall–Kier alpha value is -3.54. The lowest BCUT2D eigenvalue weighted by Crippen LogP contribution is -2.39. The van der Waals surface area contributed by atoms with E-state index in [4.69, 9.17) is 0 Å². The molecular formula is C20H21F3N4O5. The van der Waals surface area contributed by atoms with E-state index in [0.717, 1.165) is 10.9 Å². The highest BCUT2D eigenvalue weighted by molar-refractivity contribution is 5.98. The van der Waals surface area contributed by atoms with Gasteiger partial charge >= 0.3 is 0 Å². The minimum absolute atomic E-state index is 0.153. The van der Waals surface area contributed by atoms with Crippen LogP contribution in [0.1, 0.15) is 39.3 Å². The van der Waals surface area contributed by atoms with Gasteiger partial charge in [-0.1, -0.05) is 0 Å². The molecule has 0 radical (unpaired) electrons. The molecule has 32 heavy (non-hydrogen) atoms. The van der Waals surface area contributed by atoms with Crippen LogP contribution in [0.5, 0.6) is 5.75 Å². The number of hydrogen-bond acceptors (Lipinski definition) is 6. The summed E-state index contributed by atoms with van der Waals surface area (Å²) in [5.74, 6) is -6.35. The molecule has 0 spiro atoms. The first-order chi connectivity index (χ1) is 15.1. The van der Waals surface area contributed by atoms with E-state index in [2.05, 4.69) is 10.7 Å². The van der Waals surface area contributed by atoms with Crippen molar-refractivity contribution in [1.29, 1.82) is 0 Å². The van der Waals surface area contributed by atoms with E-state index in [1.807, 2.05) is 0 Å². The van der Waals surface area contributed by atoms with E-state index in [1.165, 1.54) is 11.9 Å². The molecule has 1 atom stereocenters. The molecule has 0 fully saturated rings. The van der Waals surface area contributed by atoms with Crippen molar-refractivity contribution in [3.8, 4) is 5.75 Å². The van der Waals surface area contributed by atoms with Gasteiger partial charge in [-0.3, -0.25) is 19.1 Å². The molecule has 0 saturated carbocycles. The molecule has 172 valence electrons. The zero-order valence-electron chi connectivity index (χ0n) is 17.0. The molecule has 4 N–H and O–H groups in total. The van der Waals surface area contributed by atoms with Crippen LogP contribution < -0.4 is 16.2 Å². The number of halogens is 3. The number of carbonyl (C=O) groups excluding carboxylic acids is 2. The minimum Gasteiger partial charge on any atom is -0.502 e. The van der Waals surface area contributed by atoms with Crippen LogP contribution in [0, 0.1) is 17.5 Å². The van der Waals surface area contributed by atoms with Gasteiger partial charge in [0.1, 0.15) is 23.0 Å². The van der Waals surface area contributed by atoms with Crippen LogP contribution in [0.3, 0.4) is 0 Å². The van der Waals surface area contributed by atoms with Gasteiger partial charge in [-0.2, -0.15) is 0 Å². The smallest absolute Gasteiger partial charge is 0.276 e. The fourth-order valence-electron chi connectivity index (χ4n) is 3.22. The first kappa shape index (κ1) is 23.1. The Balaban J connectivity index is 1.93. The molecule has 1 aliphatic rings. The standard InChI is InChI=1S/C20H21F3N4O5/c1-26-5-3-11(28)2-4-25-27-9-13(17(29)18(30)16(27)20(26)32)19(31)24-8-12-14(22)6-10(21)7-15(12)23/h6-7,9,11,25,28,30H,2-5,8H2,1H3,(H,24,31). The zero-order valence-corrected chi connectivity index (χ0v) is 17.0. The van der Waals surface area contributed by atoms with Crippen molar-refractivity contribution < 1.29 is 33.0 Å². The third-order valence-corrected chi connectivity index (χ3v) is 5.07. The SMILES string of the molecule is CN1CCC(O)CCNn2cc(C(=O)NCc3c(F)cc(F)cc3F)c(=O)c(O)c2C1=O. The maximum absolute atomic E-state index is 13.8. The van der Waals surface area contributed by atoms with E-state index < -0.39 is 69.9 Å². The first-order valence-electron chi connectivity index (χ1n) is 9.67. The number of nitrogens with one attached hydrogen (secondary N) is 2. The Labute approximate surface area is 180 Å². The number of benzene rings is 1. The van der Waals surface area contributed by atoms with Crippen molar-refractivity contribution in [1.82, 2.24) is 14.9 Å². The molecular weight excluding hydrogens is 433 g/mol. The molecule has 2 amide bonds. The summed E-state index contributed by atoms with van der Waals surface area (Å²) in [6.45, 7) is -0.370. The number of aliphatic hydroxyl groups is 1. The van der Waals surface area contributed by atoms with Crippen molar-refractivity contribution in [2.24, 2.45) is 0 Å². The second kappa shape index (κ2) is 9.30. The second-order valence-electron chi connectivity index (χ2n) is 7.34. The number of aliphatic hydroxyl groups excluding tert-OH is 1. The van der Waals surface area contributed by atoms with E-state index >= 15 is 0 Å². The summed E-state index contributed by atoms with van der Waals surface area (Å²) in [6.07, 6.45) is 0.866. The number of pyridine rings is 1. The summed E-state index contributed by atoms with van der Waals surface area (Å²) in [6, 6.07) is 0.894. The Morgan fingerprint density at radius 3 is 2.53 bits per heavy atom. The summed E-state index contributed by atoms with van der Waals surface area (Å²) >= 11 is 0. The number of nitrogens with zero attached hydrogens (tertiary/aromatic N) is 2. The van der Waals surface area contributed by atoms with Crippen molar-refractivity contribution in [2.75, 3.05) is 25.6 Å². The van der Waals surface area contributed by atoms with E-state index in [0.29, 0.717) is 25.0 Å². The number of hydrogen-bond donors (Lipinski definition) is 4. The number of rotatable bonds is 3. The zero-order chi connectivity index (χ0) is 23.6. The predicted molar refractivity (Wildman–Crippen MR) is 106 cm³/mol. The first-order valence-corrected chi connectivity index (χ1v) is 9.67. The topological polar surface area (TPSA) is 124 Å². The molecule has 0 bridgehead atoms. The van der Waals surface area contributed by atoms with E-state index in [9.17, 15) is 37.8 Å². The van der Waals surface area contributed by atoms with Gasteiger partial charge in [0.25, 0.3) is 11.8 Å². The Kier molecular flexibility index (Phi) is 6.72. The van der Waals surface area contributed by atoms with Gasteiger partial charge in [0.2, 0.25) is 5.43 Å². The summed E-state index contributed by atoms with van der Waals surface area (Å²) < 4.78 is 41.6. The van der Waals surface area contributed by atoms with Crippen LogP contribution in [-0.2, 0) is 6.54 Å². The summed E-state index contributed by atoms with van der Waals surface area (Å²) in [4.78, 5) is 39.0. The van der Waals surface area contributed by atoms with Gasteiger partial charge < -0.3 is 25.9 Å². The molecule has 1 aromatic heterocycles. The third kappa shape index (κ3) is 4.69. The highest BCUT2D eigenvalue weighted by Gasteiger charge is 2.27. The molecule has 0 aliphatic carbocycles. The van der Waals surface area contributed by atoms with Crippen molar-refractivity contribution in [2.45, 2.75) is 25.5 Å². The van der Waals surface area contributed by atoms with Gasteiger partial charge in [0.15, 0.2) is 11.4 Å². The number of amides is 2. The molecule has 9 nitrogen and oxygen atoms in total. The lowest BCUT2D eigenvalue weighted by molar-refractivity contribution is 0.0737. The Morgan fingerprint density at radius 2 is 1.88 bits per heavy atom. The highest BCUT2D eigenvalue weighted by Crippen LogP contribution is 2.18. The molecule has 12 heteroatoms. The third-order valence-electron chi connectivity index (χ3n) is 5.07. The molecule has 2 heterocycles. The predicted octanol–water partition coefficient (Wildman–Crippen LogP) is 0.671. The van der Waals surface area contributed by atoms with Gasteiger partial charge in [0.05, 0.1) is 6.10 Å². The number of aromatic nitrogens is 1. The normalized spacial score (nSPS) is 16.8. The van der Waals surface area contributed by atoms with Crippen LogP contribution >= 0.6 is 0 Å². The van der Waals surface area contributed by atoms with Gasteiger partial charge in [-0.25, -0.2) is 13.2 Å². The van der Waals surface area contributed by atoms with Crippen molar-refractivity contribution >= 4 is 11.8 Å². The van der Waals surface area contributed by atoms with Crippen LogP contribution in [0.15, 0.2) is 23.1 Å². The fourth-order valence-corrected chi connectivity index (χ4v) is 3.22. The maximum atomic E-state index is 13.8. The van der Waals surface area contributed by atoms with Crippen molar-refractivity contribution in [3.63, 3.8) is 0 Å². The summed E-state index contributed by atoms with van der Waals surface area (Å²) in [7, 11) is 1.43. The van der Waals surface area contributed by atoms with Crippen LogP contribution in [0.25, 0.3) is 0 Å². The van der Waals surface area contributed by atoms with Crippen LogP contribution in [-0.4, -0.2) is 57.8 Å². The average Bonchev–Trinajstić information content (AvgIpc) is 2.72. The molecule has 2 aromatic rings. The number of aromatic hydroxyl groups is 1. The van der Waals surface area contributed by atoms with Crippen LogP contribution in [0.4, 0.5) is 13.2 Å². The fraction of sp³-hybridized carbons (Fsp3) is 0.350. The minimum atomic E-state index is -1.22.